The molecule has 0 saturated carbocycles. The number of benzene rings is 1. The second-order valence-corrected chi connectivity index (χ2v) is 4.87. The van der Waals surface area contributed by atoms with Crippen LogP contribution in [-0.4, -0.2) is 31.2 Å². The Bertz CT molecular complexity index is 453. The Hall–Kier alpha value is -1.58. The quantitative estimate of drug-likeness (QED) is 0.874. The molecule has 1 aromatic carbocycles. The highest BCUT2D eigenvalue weighted by atomic mass is 19.4. The number of hydrogen-bond acceptors (Lipinski definition) is 3. The van der Waals surface area contributed by atoms with Crippen molar-refractivity contribution in [2.24, 2.45) is 5.73 Å². The van der Waals surface area contributed by atoms with Crippen LogP contribution >= 0.6 is 0 Å². The Balaban J connectivity index is 2.56. The van der Waals surface area contributed by atoms with Crippen LogP contribution in [0, 0.1) is 11.3 Å². The van der Waals surface area contributed by atoms with Crippen molar-refractivity contribution in [2.75, 3.05) is 20.1 Å². The third-order valence-corrected chi connectivity index (χ3v) is 3.15. The molecule has 1 aromatic rings. The third kappa shape index (κ3) is 5.19. The molecule has 6 heteroatoms. The zero-order valence-electron chi connectivity index (χ0n) is 11.3. The number of halogens is 3. The molecule has 0 spiro atoms. The van der Waals surface area contributed by atoms with E-state index in [0.29, 0.717) is 12.1 Å². The van der Waals surface area contributed by atoms with Gasteiger partial charge in [-0.15, -0.1) is 0 Å². The van der Waals surface area contributed by atoms with E-state index in [1.807, 2.05) is 6.07 Å². The average molecular weight is 285 g/mol. The number of nitrogens with zero attached hydrogens (tertiary/aromatic N) is 2. The van der Waals surface area contributed by atoms with E-state index in [1.165, 1.54) is 4.90 Å². The molecule has 0 aliphatic carbocycles. The van der Waals surface area contributed by atoms with Gasteiger partial charge in [-0.3, -0.25) is 0 Å². The minimum Gasteiger partial charge on any atom is -0.310 e. The lowest BCUT2D eigenvalue weighted by atomic mass is 9.89. The smallest absolute Gasteiger partial charge is 0.310 e. The van der Waals surface area contributed by atoms with Crippen LogP contribution < -0.4 is 5.73 Å². The first-order valence-corrected chi connectivity index (χ1v) is 6.28. The maximum absolute atomic E-state index is 12.1. The fraction of sp³-hybridized carbons (Fsp3) is 0.500. The predicted molar refractivity (Wildman–Crippen MR) is 70.7 cm³/mol. The zero-order chi connectivity index (χ0) is 15.2. The van der Waals surface area contributed by atoms with Crippen LogP contribution in [0.4, 0.5) is 13.2 Å². The summed E-state index contributed by atoms with van der Waals surface area (Å²) >= 11 is 0. The summed E-state index contributed by atoms with van der Waals surface area (Å²) in [5.74, 6) is 0. The van der Waals surface area contributed by atoms with Gasteiger partial charge >= 0.3 is 6.18 Å². The highest BCUT2D eigenvalue weighted by Crippen LogP contribution is 2.23. The predicted octanol–water partition coefficient (Wildman–Crippen LogP) is 2.64. The van der Waals surface area contributed by atoms with Gasteiger partial charge in [-0.25, -0.2) is 0 Å². The molecule has 0 amide bonds. The Morgan fingerprint density at radius 3 is 2.20 bits per heavy atom. The van der Waals surface area contributed by atoms with Gasteiger partial charge in [0.2, 0.25) is 0 Å². The molecule has 0 saturated heterocycles. The summed E-state index contributed by atoms with van der Waals surface area (Å²) in [4.78, 5) is 1.54. The topological polar surface area (TPSA) is 53.0 Å². The number of nitriles is 1. The molecular weight excluding hydrogens is 267 g/mol. The molecule has 0 heterocycles. The largest absolute Gasteiger partial charge is 0.390 e. The second-order valence-electron chi connectivity index (χ2n) is 4.87. The van der Waals surface area contributed by atoms with E-state index in [-0.39, 0.29) is 13.0 Å². The van der Waals surface area contributed by atoms with Crippen molar-refractivity contribution >= 4 is 0 Å². The Labute approximate surface area is 116 Å². The fourth-order valence-electron chi connectivity index (χ4n) is 1.80. The van der Waals surface area contributed by atoms with Crippen LogP contribution in [0.1, 0.15) is 18.4 Å². The van der Waals surface area contributed by atoms with E-state index >= 15 is 0 Å². The molecule has 1 atom stereocenters. The molecule has 0 fully saturated rings. The van der Waals surface area contributed by atoms with Gasteiger partial charge in [0.1, 0.15) is 5.54 Å². The monoisotopic (exact) mass is 285 g/mol. The zero-order valence-corrected chi connectivity index (χ0v) is 11.3. The standard InChI is InChI=1S/C14H18F3N3/c1-20(10-8-14(15,16)17)9-7-13(19,11-18)12-5-3-2-4-6-12/h2-6H,7-10,19H2,1H3. The molecule has 110 valence electrons. The van der Waals surface area contributed by atoms with Crippen molar-refractivity contribution in [3.8, 4) is 6.07 Å². The van der Waals surface area contributed by atoms with Crippen molar-refractivity contribution in [2.45, 2.75) is 24.6 Å². The van der Waals surface area contributed by atoms with E-state index in [9.17, 15) is 18.4 Å². The fourth-order valence-corrected chi connectivity index (χ4v) is 1.80. The van der Waals surface area contributed by atoms with Crippen LogP contribution in [-0.2, 0) is 5.54 Å². The van der Waals surface area contributed by atoms with E-state index < -0.39 is 18.1 Å². The number of nitrogens with two attached hydrogens (primary N) is 1. The van der Waals surface area contributed by atoms with Gasteiger partial charge in [-0.05, 0) is 19.0 Å². The van der Waals surface area contributed by atoms with Gasteiger partial charge in [0.05, 0.1) is 12.5 Å². The SMILES string of the molecule is CN(CCC(F)(F)F)CCC(N)(C#N)c1ccccc1. The minimum absolute atomic E-state index is 0.0974. The van der Waals surface area contributed by atoms with E-state index in [0.717, 1.165) is 0 Å². The molecule has 1 unspecified atom stereocenters. The summed E-state index contributed by atoms with van der Waals surface area (Å²) in [6, 6.07) is 10.9. The lowest BCUT2D eigenvalue weighted by Gasteiger charge is -2.25. The lowest BCUT2D eigenvalue weighted by molar-refractivity contribution is -0.137. The number of hydrogen-bond donors (Lipinski definition) is 1. The van der Waals surface area contributed by atoms with Crippen molar-refractivity contribution in [1.82, 2.24) is 4.90 Å². The van der Waals surface area contributed by atoms with Gasteiger partial charge in [0.25, 0.3) is 0 Å². The van der Waals surface area contributed by atoms with Crippen LogP contribution in [0.3, 0.4) is 0 Å². The molecule has 0 radical (unpaired) electrons. The highest BCUT2D eigenvalue weighted by Gasteiger charge is 2.29. The third-order valence-electron chi connectivity index (χ3n) is 3.15. The minimum atomic E-state index is -4.16. The van der Waals surface area contributed by atoms with Gasteiger partial charge in [0, 0.05) is 13.1 Å². The van der Waals surface area contributed by atoms with Crippen LogP contribution in [0.5, 0.6) is 0 Å². The lowest BCUT2D eigenvalue weighted by Crippen LogP contribution is -2.39. The molecular formula is C14H18F3N3. The maximum atomic E-state index is 12.1. The van der Waals surface area contributed by atoms with E-state index in [4.69, 9.17) is 5.73 Å². The van der Waals surface area contributed by atoms with Gasteiger partial charge in [-0.1, -0.05) is 30.3 Å². The summed E-state index contributed by atoms with van der Waals surface area (Å²) in [6.45, 7) is 0.231. The maximum Gasteiger partial charge on any atom is 0.390 e. The summed E-state index contributed by atoms with van der Waals surface area (Å²) in [7, 11) is 1.59. The van der Waals surface area contributed by atoms with Gasteiger partial charge < -0.3 is 10.6 Å². The average Bonchev–Trinajstić information content (AvgIpc) is 2.42. The van der Waals surface area contributed by atoms with Crippen molar-refractivity contribution in [3.63, 3.8) is 0 Å². The second kappa shape index (κ2) is 6.73. The van der Waals surface area contributed by atoms with Crippen molar-refractivity contribution < 1.29 is 13.2 Å². The van der Waals surface area contributed by atoms with Gasteiger partial charge in [-0.2, -0.15) is 18.4 Å². The Kier molecular flexibility index (Phi) is 5.54. The summed E-state index contributed by atoms with van der Waals surface area (Å²) in [5, 5.41) is 9.24. The van der Waals surface area contributed by atoms with Crippen LogP contribution in [0.2, 0.25) is 0 Å². The van der Waals surface area contributed by atoms with E-state index in [1.54, 1.807) is 31.3 Å². The first kappa shape index (κ1) is 16.5. The summed E-state index contributed by atoms with van der Waals surface area (Å²) in [6.07, 6.45) is -4.75. The van der Waals surface area contributed by atoms with Crippen LogP contribution in [0.25, 0.3) is 0 Å². The molecule has 0 aliphatic heterocycles. The van der Waals surface area contributed by atoms with E-state index in [2.05, 4.69) is 6.07 Å². The molecule has 1 rings (SSSR count). The first-order valence-electron chi connectivity index (χ1n) is 6.28. The highest BCUT2D eigenvalue weighted by molar-refractivity contribution is 5.30. The number of rotatable bonds is 6. The van der Waals surface area contributed by atoms with Crippen molar-refractivity contribution in [1.29, 1.82) is 5.26 Å². The summed E-state index contributed by atoms with van der Waals surface area (Å²) < 4.78 is 36.4. The Morgan fingerprint density at radius 2 is 1.70 bits per heavy atom. The van der Waals surface area contributed by atoms with Crippen molar-refractivity contribution in [3.05, 3.63) is 35.9 Å². The molecule has 0 bridgehead atoms. The molecule has 0 aliphatic rings. The van der Waals surface area contributed by atoms with Gasteiger partial charge in [0.15, 0.2) is 0 Å². The normalized spacial score (nSPS) is 14.8. The first-order chi connectivity index (χ1) is 9.27. The number of alkyl halides is 3. The molecule has 3 nitrogen and oxygen atoms in total. The molecule has 20 heavy (non-hydrogen) atoms. The molecule has 0 aromatic heterocycles. The van der Waals surface area contributed by atoms with Crippen LogP contribution in [0.15, 0.2) is 30.3 Å². The summed E-state index contributed by atoms with van der Waals surface area (Å²) in [5.41, 5.74) is 5.54. The Morgan fingerprint density at radius 1 is 1.15 bits per heavy atom. The molecule has 2 N–H and O–H groups in total.